The molecular formula is C28H32ClN3O. The van der Waals surface area contributed by atoms with Crippen molar-refractivity contribution in [1.82, 2.24) is 15.5 Å². The molecule has 0 aromatic heterocycles. The van der Waals surface area contributed by atoms with Gasteiger partial charge in [-0.2, -0.15) is 0 Å². The fraction of sp³-hybridized carbons (Fsp3) is 0.321. The average Bonchev–Trinajstić information content (AvgIpc) is 2.85. The molecular weight excluding hydrogens is 430 g/mol. The third-order valence-electron chi connectivity index (χ3n) is 6.37. The summed E-state index contributed by atoms with van der Waals surface area (Å²) in [6.07, 6.45) is 4.17. The summed E-state index contributed by atoms with van der Waals surface area (Å²) in [5.74, 6) is 0. The number of carbonyl (C=O) groups is 1. The van der Waals surface area contributed by atoms with Gasteiger partial charge in [0.2, 0.25) is 0 Å². The SMILES string of the molecule is O=C(NCc1ccc(Cl)cc1)NC1CCC(N(Cc2ccccc2)Cc2ccccc2)CC1. The van der Waals surface area contributed by atoms with Crippen molar-refractivity contribution in [2.24, 2.45) is 0 Å². The van der Waals surface area contributed by atoms with Crippen LogP contribution >= 0.6 is 11.6 Å². The summed E-state index contributed by atoms with van der Waals surface area (Å²) in [6.45, 7) is 2.39. The number of carbonyl (C=O) groups excluding carboxylic acids is 1. The van der Waals surface area contributed by atoms with Crippen molar-refractivity contribution in [2.45, 2.75) is 57.4 Å². The fourth-order valence-corrected chi connectivity index (χ4v) is 4.68. The molecule has 0 radical (unpaired) electrons. The molecule has 4 rings (SSSR count). The Kier molecular flexibility index (Phi) is 8.40. The first kappa shape index (κ1) is 23.3. The van der Waals surface area contributed by atoms with E-state index in [4.69, 9.17) is 11.6 Å². The number of nitrogens with one attached hydrogen (secondary N) is 2. The monoisotopic (exact) mass is 461 g/mol. The third kappa shape index (κ3) is 7.34. The molecule has 0 saturated heterocycles. The van der Waals surface area contributed by atoms with Gasteiger partial charge in [-0.05, 0) is 54.5 Å². The largest absolute Gasteiger partial charge is 0.335 e. The highest BCUT2D eigenvalue weighted by Gasteiger charge is 2.27. The predicted octanol–water partition coefficient (Wildman–Crippen LogP) is 6.15. The van der Waals surface area contributed by atoms with Crippen molar-refractivity contribution >= 4 is 17.6 Å². The van der Waals surface area contributed by atoms with E-state index in [0.717, 1.165) is 44.3 Å². The Labute approximate surface area is 202 Å². The molecule has 0 atom stereocenters. The minimum Gasteiger partial charge on any atom is -0.335 e. The topological polar surface area (TPSA) is 44.4 Å². The Morgan fingerprint density at radius 2 is 1.30 bits per heavy atom. The molecule has 3 aromatic rings. The smallest absolute Gasteiger partial charge is 0.315 e. The van der Waals surface area contributed by atoms with Gasteiger partial charge >= 0.3 is 6.03 Å². The molecule has 33 heavy (non-hydrogen) atoms. The van der Waals surface area contributed by atoms with Crippen LogP contribution in [0.3, 0.4) is 0 Å². The zero-order valence-electron chi connectivity index (χ0n) is 18.9. The molecule has 2 N–H and O–H groups in total. The minimum absolute atomic E-state index is 0.0983. The lowest BCUT2D eigenvalue weighted by Crippen LogP contribution is -2.46. The van der Waals surface area contributed by atoms with Crippen LogP contribution in [0.15, 0.2) is 84.9 Å². The molecule has 5 heteroatoms. The first-order valence-electron chi connectivity index (χ1n) is 11.8. The first-order chi connectivity index (χ1) is 16.2. The summed E-state index contributed by atoms with van der Waals surface area (Å²) < 4.78 is 0. The first-order valence-corrected chi connectivity index (χ1v) is 12.1. The summed E-state index contributed by atoms with van der Waals surface area (Å²) in [5.41, 5.74) is 3.72. The lowest BCUT2D eigenvalue weighted by Gasteiger charge is -2.37. The van der Waals surface area contributed by atoms with Gasteiger partial charge in [0.1, 0.15) is 0 Å². The highest BCUT2D eigenvalue weighted by atomic mass is 35.5. The number of hydrogen-bond acceptors (Lipinski definition) is 2. The molecule has 2 amide bonds. The fourth-order valence-electron chi connectivity index (χ4n) is 4.56. The molecule has 0 aliphatic heterocycles. The van der Waals surface area contributed by atoms with Crippen LogP contribution in [0.4, 0.5) is 4.79 Å². The van der Waals surface area contributed by atoms with Gasteiger partial charge in [0.05, 0.1) is 0 Å². The van der Waals surface area contributed by atoms with Gasteiger partial charge in [0.25, 0.3) is 0 Å². The maximum atomic E-state index is 12.4. The minimum atomic E-state index is -0.0983. The molecule has 0 spiro atoms. The molecule has 172 valence electrons. The second-order valence-corrected chi connectivity index (χ2v) is 9.27. The summed E-state index contributed by atoms with van der Waals surface area (Å²) in [5, 5.41) is 6.83. The van der Waals surface area contributed by atoms with Crippen molar-refractivity contribution in [3.05, 3.63) is 107 Å². The van der Waals surface area contributed by atoms with Crippen molar-refractivity contribution in [3.63, 3.8) is 0 Å². The van der Waals surface area contributed by atoms with Gasteiger partial charge in [0, 0.05) is 36.7 Å². The Hall–Kier alpha value is -2.82. The van der Waals surface area contributed by atoms with E-state index in [1.165, 1.54) is 11.1 Å². The van der Waals surface area contributed by atoms with Crippen LogP contribution in [0.1, 0.15) is 42.4 Å². The molecule has 1 fully saturated rings. The standard InChI is InChI=1S/C28H32ClN3O/c29-25-13-11-22(12-14-25)19-30-28(33)31-26-15-17-27(18-16-26)32(20-23-7-3-1-4-8-23)21-24-9-5-2-6-10-24/h1-14,26-27H,15-21H2,(H2,30,31,33). The zero-order valence-corrected chi connectivity index (χ0v) is 19.7. The van der Waals surface area contributed by atoms with Crippen molar-refractivity contribution in [1.29, 1.82) is 0 Å². The van der Waals surface area contributed by atoms with Gasteiger partial charge in [0.15, 0.2) is 0 Å². The second kappa shape index (κ2) is 11.9. The van der Waals surface area contributed by atoms with Gasteiger partial charge < -0.3 is 10.6 Å². The number of halogens is 1. The van der Waals surface area contributed by atoms with Crippen LogP contribution in [0.25, 0.3) is 0 Å². The van der Waals surface area contributed by atoms with Crippen LogP contribution in [0.2, 0.25) is 5.02 Å². The Bertz CT molecular complexity index is 945. The normalized spacial score (nSPS) is 18.1. The number of rotatable bonds is 8. The van der Waals surface area contributed by atoms with Crippen molar-refractivity contribution in [2.75, 3.05) is 0 Å². The van der Waals surface area contributed by atoms with Crippen LogP contribution < -0.4 is 10.6 Å². The maximum Gasteiger partial charge on any atom is 0.315 e. The highest BCUT2D eigenvalue weighted by molar-refractivity contribution is 6.30. The molecule has 0 bridgehead atoms. The van der Waals surface area contributed by atoms with Crippen molar-refractivity contribution in [3.8, 4) is 0 Å². The van der Waals surface area contributed by atoms with Crippen LogP contribution in [-0.4, -0.2) is 23.0 Å². The van der Waals surface area contributed by atoms with E-state index in [1.807, 2.05) is 24.3 Å². The Balaban J connectivity index is 1.28. The van der Waals surface area contributed by atoms with E-state index in [0.29, 0.717) is 17.6 Å². The zero-order chi connectivity index (χ0) is 22.9. The lowest BCUT2D eigenvalue weighted by atomic mass is 9.89. The van der Waals surface area contributed by atoms with E-state index < -0.39 is 0 Å². The summed E-state index contributed by atoms with van der Waals surface area (Å²) >= 11 is 5.92. The van der Waals surface area contributed by atoms with E-state index in [2.05, 4.69) is 76.2 Å². The molecule has 1 aliphatic rings. The lowest BCUT2D eigenvalue weighted by molar-refractivity contribution is 0.129. The van der Waals surface area contributed by atoms with Crippen molar-refractivity contribution < 1.29 is 4.79 Å². The quantitative estimate of drug-likeness (QED) is 0.422. The van der Waals surface area contributed by atoms with Crippen LogP contribution in [-0.2, 0) is 19.6 Å². The predicted molar refractivity (Wildman–Crippen MR) is 135 cm³/mol. The molecule has 1 aliphatic carbocycles. The summed E-state index contributed by atoms with van der Waals surface area (Å²) in [4.78, 5) is 15.0. The molecule has 3 aromatic carbocycles. The van der Waals surface area contributed by atoms with Gasteiger partial charge in [-0.1, -0.05) is 84.4 Å². The van der Waals surface area contributed by atoms with Crippen LogP contribution in [0.5, 0.6) is 0 Å². The van der Waals surface area contributed by atoms with Gasteiger partial charge in [-0.3, -0.25) is 4.90 Å². The summed E-state index contributed by atoms with van der Waals surface area (Å²) in [6, 6.07) is 29.6. The molecule has 0 heterocycles. The second-order valence-electron chi connectivity index (χ2n) is 8.84. The van der Waals surface area contributed by atoms with E-state index in [-0.39, 0.29) is 12.1 Å². The van der Waals surface area contributed by atoms with Gasteiger partial charge in [-0.25, -0.2) is 4.79 Å². The Morgan fingerprint density at radius 3 is 1.85 bits per heavy atom. The number of amides is 2. The van der Waals surface area contributed by atoms with E-state index in [1.54, 1.807) is 0 Å². The molecule has 0 unspecified atom stereocenters. The Morgan fingerprint density at radius 1 is 0.758 bits per heavy atom. The highest BCUT2D eigenvalue weighted by Crippen LogP contribution is 2.26. The number of urea groups is 1. The summed E-state index contributed by atoms with van der Waals surface area (Å²) in [7, 11) is 0. The molecule has 4 nitrogen and oxygen atoms in total. The van der Waals surface area contributed by atoms with E-state index >= 15 is 0 Å². The number of benzene rings is 3. The molecule has 1 saturated carbocycles. The van der Waals surface area contributed by atoms with Crippen LogP contribution in [0, 0.1) is 0 Å². The third-order valence-corrected chi connectivity index (χ3v) is 6.62. The average molecular weight is 462 g/mol. The number of nitrogens with zero attached hydrogens (tertiary/aromatic N) is 1. The van der Waals surface area contributed by atoms with Gasteiger partial charge in [-0.15, -0.1) is 0 Å². The maximum absolute atomic E-state index is 12.4. The van der Waals surface area contributed by atoms with E-state index in [9.17, 15) is 4.79 Å². The number of hydrogen-bond donors (Lipinski definition) is 2.